The van der Waals surface area contributed by atoms with E-state index in [9.17, 15) is 18.0 Å². The van der Waals surface area contributed by atoms with E-state index < -0.39 is 35.2 Å². The van der Waals surface area contributed by atoms with Crippen LogP contribution in [0.25, 0.3) is 0 Å². The molecule has 1 atom stereocenters. The molecular weight excluding hydrogens is 335 g/mol. The number of aliphatic imine (C=N–C) groups is 1. The maximum Gasteiger partial charge on any atom is 0.280 e. The highest BCUT2D eigenvalue weighted by molar-refractivity contribution is 6.02. The molecule has 1 unspecified atom stereocenters. The second-order valence-electron chi connectivity index (χ2n) is 5.57. The highest BCUT2D eigenvalue weighted by atomic mass is 19.1. The third-order valence-corrected chi connectivity index (χ3v) is 3.92. The first-order valence-electron chi connectivity index (χ1n) is 7.42. The minimum atomic E-state index is -0.997. The van der Waals surface area contributed by atoms with E-state index in [1.807, 2.05) is 0 Å². The summed E-state index contributed by atoms with van der Waals surface area (Å²) >= 11 is 0. The smallest absolute Gasteiger partial charge is 0.280 e. The van der Waals surface area contributed by atoms with Crippen LogP contribution in [0, 0.1) is 17.5 Å². The number of nitrogens with two attached hydrogens (primary N) is 2. The Labute approximate surface area is 141 Å². The van der Waals surface area contributed by atoms with Crippen molar-refractivity contribution in [2.45, 2.75) is 12.3 Å². The largest absolute Gasteiger partial charge is 0.493 e. The molecule has 0 spiro atoms. The molecule has 0 bridgehead atoms. The third kappa shape index (κ3) is 3.28. The number of guanidine groups is 1. The van der Waals surface area contributed by atoms with E-state index in [4.69, 9.17) is 16.2 Å². The lowest BCUT2D eigenvalue weighted by molar-refractivity contribution is 0.100. The molecule has 1 aliphatic rings. The first-order chi connectivity index (χ1) is 11.9. The van der Waals surface area contributed by atoms with Crippen LogP contribution in [-0.4, -0.2) is 18.5 Å². The van der Waals surface area contributed by atoms with Gasteiger partial charge in [-0.15, -0.1) is 0 Å². The number of benzene rings is 2. The third-order valence-electron chi connectivity index (χ3n) is 3.92. The van der Waals surface area contributed by atoms with Crippen molar-refractivity contribution in [1.29, 1.82) is 0 Å². The average Bonchev–Trinajstić information content (AvgIpc) is 2.53. The van der Waals surface area contributed by atoms with Crippen molar-refractivity contribution >= 4 is 11.9 Å². The first kappa shape index (κ1) is 16.8. The molecule has 5 nitrogen and oxygen atoms in total. The molecule has 130 valence electrons. The molecule has 0 aromatic heterocycles. The van der Waals surface area contributed by atoms with E-state index >= 15 is 0 Å². The monoisotopic (exact) mass is 349 g/mol. The molecule has 8 heteroatoms. The number of hydrogen-bond acceptors (Lipinski definition) is 2. The zero-order valence-corrected chi connectivity index (χ0v) is 12.9. The number of halogens is 3. The SMILES string of the molecule is NC(N)=NC(=O)c1ccc2c(c1)C(c1c(F)cc(F)cc1F)CCO2. The summed E-state index contributed by atoms with van der Waals surface area (Å²) in [5.41, 5.74) is 10.7. The maximum atomic E-state index is 14.2. The van der Waals surface area contributed by atoms with Gasteiger partial charge in [0.05, 0.1) is 6.61 Å². The van der Waals surface area contributed by atoms with Gasteiger partial charge in [-0.1, -0.05) is 0 Å². The topological polar surface area (TPSA) is 90.7 Å². The van der Waals surface area contributed by atoms with Gasteiger partial charge in [0.25, 0.3) is 5.91 Å². The van der Waals surface area contributed by atoms with Crippen molar-refractivity contribution in [1.82, 2.24) is 0 Å². The van der Waals surface area contributed by atoms with Gasteiger partial charge in [0.15, 0.2) is 5.96 Å². The van der Waals surface area contributed by atoms with Crippen molar-refractivity contribution in [2.24, 2.45) is 16.5 Å². The quantitative estimate of drug-likeness (QED) is 0.644. The average molecular weight is 349 g/mol. The maximum absolute atomic E-state index is 14.2. The van der Waals surface area contributed by atoms with E-state index in [0.717, 1.165) is 0 Å². The molecule has 0 saturated carbocycles. The number of carbonyl (C=O) groups excluding carboxylic acids is 1. The van der Waals surface area contributed by atoms with Crippen molar-refractivity contribution < 1.29 is 22.7 Å². The van der Waals surface area contributed by atoms with Crippen LogP contribution < -0.4 is 16.2 Å². The normalized spacial score (nSPS) is 15.9. The molecule has 0 saturated heterocycles. The molecule has 2 aromatic carbocycles. The molecule has 0 fully saturated rings. The Hall–Kier alpha value is -3.03. The second kappa shape index (κ2) is 6.46. The van der Waals surface area contributed by atoms with E-state index in [-0.39, 0.29) is 24.2 Å². The first-order valence-corrected chi connectivity index (χ1v) is 7.42. The van der Waals surface area contributed by atoms with Gasteiger partial charge in [0.2, 0.25) is 0 Å². The molecular formula is C17H14F3N3O2. The fraction of sp³-hybridized carbons (Fsp3) is 0.176. The number of amides is 1. The summed E-state index contributed by atoms with van der Waals surface area (Å²) in [5.74, 6) is -4.40. The highest BCUT2D eigenvalue weighted by Crippen LogP contribution is 2.40. The summed E-state index contributed by atoms with van der Waals surface area (Å²) < 4.78 is 47.0. The highest BCUT2D eigenvalue weighted by Gasteiger charge is 2.29. The van der Waals surface area contributed by atoms with Crippen LogP contribution >= 0.6 is 0 Å². The predicted molar refractivity (Wildman–Crippen MR) is 84.9 cm³/mol. The Balaban J connectivity index is 2.10. The number of hydrogen-bond donors (Lipinski definition) is 2. The van der Waals surface area contributed by atoms with Gasteiger partial charge in [0, 0.05) is 34.7 Å². The van der Waals surface area contributed by atoms with Crippen molar-refractivity contribution in [3.05, 3.63) is 64.5 Å². The van der Waals surface area contributed by atoms with Crippen molar-refractivity contribution in [3.8, 4) is 5.75 Å². The Morgan fingerprint density at radius 1 is 1.12 bits per heavy atom. The summed E-state index contributed by atoms with van der Waals surface area (Å²) in [6.45, 7) is 0.231. The summed E-state index contributed by atoms with van der Waals surface area (Å²) in [5, 5.41) is 0. The minimum absolute atomic E-state index is 0.144. The van der Waals surface area contributed by atoms with Crippen LogP contribution in [0.15, 0.2) is 35.3 Å². The number of nitrogens with zero attached hydrogens (tertiary/aromatic N) is 1. The molecule has 1 aliphatic heterocycles. The van der Waals surface area contributed by atoms with Crippen LogP contribution in [0.3, 0.4) is 0 Å². The van der Waals surface area contributed by atoms with Gasteiger partial charge < -0.3 is 16.2 Å². The number of fused-ring (bicyclic) bond motifs is 1. The summed E-state index contributed by atoms with van der Waals surface area (Å²) in [6, 6.07) is 5.64. The molecule has 3 rings (SSSR count). The molecule has 1 amide bonds. The summed E-state index contributed by atoms with van der Waals surface area (Å²) in [4.78, 5) is 15.4. The zero-order valence-electron chi connectivity index (χ0n) is 12.9. The standard InChI is InChI=1S/C17H14F3N3O2/c18-9-6-12(19)15(13(20)7-9)10-3-4-25-14-2-1-8(5-11(10)14)16(24)23-17(21)22/h1-2,5-7,10H,3-4H2,(H4,21,22,23,24). The lowest BCUT2D eigenvalue weighted by Crippen LogP contribution is -2.24. The number of ether oxygens (including phenoxy) is 1. The van der Waals surface area contributed by atoms with Gasteiger partial charge in [-0.25, -0.2) is 13.2 Å². The van der Waals surface area contributed by atoms with Crippen LogP contribution in [0.4, 0.5) is 13.2 Å². The van der Waals surface area contributed by atoms with E-state index in [1.54, 1.807) is 0 Å². The van der Waals surface area contributed by atoms with Crippen LogP contribution in [-0.2, 0) is 0 Å². The molecule has 1 heterocycles. The Morgan fingerprint density at radius 3 is 2.44 bits per heavy atom. The summed E-state index contributed by atoms with van der Waals surface area (Å²) in [7, 11) is 0. The van der Waals surface area contributed by atoms with E-state index in [2.05, 4.69) is 4.99 Å². The Kier molecular flexibility index (Phi) is 4.35. The predicted octanol–water partition coefficient (Wildman–Crippen LogP) is 2.43. The van der Waals surface area contributed by atoms with Gasteiger partial charge in [-0.2, -0.15) is 4.99 Å². The van der Waals surface area contributed by atoms with Crippen LogP contribution in [0.2, 0.25) is 0 Å². The lowest BCUT2D eigenvalue weighted by atomic mass is 9.85. The fourth-order valence-electron chi connectivity index (χ4n) is 2.90. The van der Waals surface area contributed by atoms with Crippen molar-refractivity contribution in [3.63, 3.8) is 0 Å². The molecule has 0 aliphatic carbocycles. The number of carbonyl (C=O) groups is 1. The van der Waals surface area contributed by atoms with Crippen LogP contribution in [0.1, 0.15) is 33.8 Å². The fourth-order valence-corrected chi connectivity index (χ4v) is 2.90. The zero-order chi connectivity index (χ0) is 18.1. The molecule has 25 heavy (non-hydrogen) atoms. The molecule has 2 aromatic rings. The Bertz CT molecular complexity index is 856. The van der Waals surface area contributed by atoms with Crippen molar-refractivity contribution in [2.75, 3.05) is 6.61 Å². The Morgan fingerprint density at radius 2 is 1.80 bits per heavy atom. The summed E-state index contributed by atoms with van der Waals surface area (Å²) in [6.07, 6.45) is 0.270. The van der Waals surface area contributed by atoms with E-state index in [1.165, 1.54) is 18.2 Å². The number of rotatable bonds is 2. The molecule has 4 N–H and O–H groups in total. The van der Waals surface area contributed by atoms with Gasteiger partial charge in [0.1, 0.15) is 23.2 Å². The van der Waals surface area contributed by atoms with Gasteiger partial charge >= 0.3 is 0 Å². The van der Waals surface area contributed by atoms with Crippen LogP contribution in [0.5, 0.6) is 5.75 Å². The van der Waals surface area contributed by atoms with E-state index in [0.29, 0.717) is 23.4 Å². The minimum Gasteiger partial charge on any atom is -0.493 e. The molecule has 0 radical (unpaired) electrons. The van der Waals surface area contributed by atoms with Gasteiger partial charge in [-0.3, -0.25) is 4.79 Å². The lowest BCUT2D eigenvalue weighted by Gasteiger charge is -2.27. The second-order valence-corrected chi connectivity index (χ2v) is 5.57. The van der Waals surface area contributed by atoms with Gasteiger partial charge in [-0.05, 0) is 24.6 Å².